The Balaban J connectivity index is 0.000000143. The fraction of sp³-hybridized carbons (Fsp3) is 0.280. The molecule has 14 aromatic rings. The fourth-order valence-electron chi connectivity index (χ4n) is 13.8. The predicted octanol–water partition coefficient (Wildman–Crippen LogP) is 21.3. The zero-order valence-corrected chi connectivity index (χ0v) is 66.7. The number of hydrogen-bond acceptors (Lipinski definition) is 14. The van der Waals surface area contributed by atoms with Gasteiger partial charge in [-0.15, -0.1) is 45.0 Å². The minimum atomic E-state index is -0.777. The summed E-state index contributed by atoms with van der Waals surface area (Å²) in [5, 5.41) is 70.7. The van der Waals surface area contributed by atoms with Crippen molar-refractivity contribution in [2.75, 3.05) is 6.61 Å². The molecule has 0 radical (unpaired) electrons. The Morgan fingerprint density at radius 3 is 1.41 bits per heavy atom. The Kier molecular flexibility index (Phi) is 24.2. The molecule has 17 nitrogen and oxygen atoms in total. The van der Waals surface area contributed by atoms with Crippen LogP contribution < -0.4 is 0 Å². The van der Waals surface area contributed by atoms with Crippen LogP contribution in [0.4, 0.5) is 0 Å². The number of benzene rings is 10. The first-order valence-electron chi connectivity index (χ1n) is 38.1. The SMILES string of the molecule is CC(C)(c1ccccc1)c1cc(-n2nc3ccccc3n2)c(O)c(C(C)(C)c2ccccc2)c1.CCCCCCCCOC1=CC(O)C(c2nc(-c3ccc(C)cc3C)nc(-c3ccc(C)cc3C)n2)C=C1.Cc1cc(-n2nc3ccc(Cl)cc3n2)c(O)c(C(C)(C)C)c1.Cc1ccc(O)c(-n2nc3ccccc3n2)c1. The van der Waals surface area contributed by atoms with E-state index in [4.69, 9.17) is 31.3 Å². The van der Waals surface area contributed by atoms with E-state index in [0.717, 1.165) is 89.6 Å². The number of nitrogens with zero attached hydrogens (tertiary/aromatic N) is 12. The van der Waals surface area contributed by atoms with Crippen molar-refractivity contribution in [1.82, 2.24) is 59.9 Å². The van der Waals surface area contributed by atoms with Crippen molar-refractivity contribution in [3.05, 3.63) is 302 Å². The van der Waals surface area contributed by atoms with E-state index in [0.29, 0.717) is 57.4 Å². The zero-order chi connectivity index (χ0) is 78.9. The second-order valence-corrected chi connectivity index (χ2v) is 31.3. The summed E-state index contributed by atoms with van der Waals surface area (Å²) in [5.74, 6) is 2.71. The number of rotatable bonds is 18. The topological polar surface area (TPSA) is 221 Å². The molecular weight excluding hydrogens is 1400 g/mol. The summed E-state index contributed by atoms with van der Waals surface area (Å²) >= 11 is 5.99. The van der Waals surface area contributed by atoms with E-state index >= 15 is 0 Å². The number of aromatic hydroxyl groups is 3. The number of phenolic OH excluding ortho intramolecular Hbond substituents is 3. The van der Waals surface area contributed by atoms with Gasteiger partial charge in [0.1, 0.15) is 79.0 Å². The standard InChI is InChI=1S/C33H41N3O2.C30H29N3O.C17H18ClN3O.C13H11N3O/c1-6-7-8-9-10-11-18-38-26-14-17-29(30(37)21-26)33-35-31(27-15-12-22(2)19-24(27)4)34-32(36-33)28-16-13-23(3)20-25(28)5;1-29(2,21-13-7-5-8-14-21)23-19-24(30(3,4)22-15-9-6-10-16-22)28(34)27(20-23)33-31-25-17-11-12-18-26(25)32-33;1-10-7-12(17(2,3)4)16(22)15(8-10)21-19-13-6-5-11(18)9-14(13)20-21;1-9-6-7-13(17)12(8-9)16-14-10-4-2-3-5-11(10)15-16/h12-17,19-21,29-30,37H,6-11,18H2,1-5H3;5-20,34H,1-4H3;5-9,22H,1-4H3;2-8,17H,1H3. The van der Waals surface area contributed by atoms with Crippen molar-refractivity contribution in [3.8, 4) is 57.1 Å². The Hall–Kier alpha value is -11.7. The van der Waals surface area contributed by atoms with Crippen molar-refractivity contribution in [2.45, 2.75) is 164 Å². The first-order valence-corrected chi connectivity index (χ1v) is 38.4. The molecule has 15 rings (SSSR count). The maximum absolute atomic E-state index is 11.6. The Labute approximate surface area is 655 Å². The summed E-state index contributed by atoms with van der Waals surface area (Å²) in [6.45, 7) is 30.1. The second kappa shape index (κ2) is 34.1. The van der Waals surface area contributed by atoms with Crippen LogP contribution in [0.25, 0.3) is 72.9 Å². The van der Waals surface area contributed by atoms with Gasteiger partial charge in [0.2, 0.25) is 0 Å². The first kappa shape index (κ1) is 78.9. The lowest BCUT2D eigenvalue weighted by Crippen LogP contribution is -2.24. The molecule has 1 aliphatic rings. The number of fused-ring (bicyclic) bond motifs is 3. The predicted molar refractivity (Wildman–Crippen MR) is 447 cm³/mol. The number of aliphatic hydroxyl groups is 1. The van der Waals surface area contributed by atoms with Crippen LogP contribution in [0, 0.1) is 41.5 Å². The van der Waals surface area contributed by atoms with Crippen molar-refractivity contribution in [3.63, 3.8) is 0 Å². The lowest BCUT2D eigenvalue weighted by atomic mass is 9.72. The molecule has 10 aromatic carbocycles. The van der Waals surface area contributed by atoms with Crippen molar-refractivity contribution >= 4 is 44.7 Å². The highest BCUT2D eigenvalue weighted by Gasteiger charge is 2.34. The van der Waals surface area contributed by atoms with Gasteiger partial charge >= 0.3 is 0 Å². The molecule has 0 amide bonds. The molecule has 2 unspecified atom stereocenters. The lowest BCUT2D eigenvalue weighted by Gasteiger charge is -2.32. The maximum Gasteiger partial charge on any atom is 0.164 e. The van der Waals surface area contributed by atoms with Gasteiger partial charge in [-0.25, -0.2) is 15.0 Å². The fourth-order valence-corrected chi connectivity index (χ4v) is 14.0. The summed E-state index contributed by atoms with van der Waals surface area (Å²) in [5.41, 5.74) is 19.3. The molecular formula is C93H99ClN12O5. The van der Waals surface area contributed by atoms with Crippen LogP contribution in [0.5, 0.6) is 17.2 Å². The van der Waals surface area contributed by atoms with Gasteiger partial charge in [-0.3, -0.25) is 0 Å². The highest BCUT2D eigenvalue weighted by Crippen LogP contribution is 2.45. The summed E-state index contributed by atoms with van der Waals surface area (Å²) in [7, 11) is 0. The van der Waals surface area contributed by atoms with Gasteiger partial charge in [0.05, 0.1) is 18.6 Å². The normalized spacial score (nSPS) is 13.6. The molecule has 0 bridgehead atoms. The smallest absolute Gasteiger partial charge is 0.164 e. The van der Waals surface area contributed by atoms with Crippen LogP contribution in [-0.2, 0) is 21.0 Å². The number of halogens is 1. The van der Waals surface area contributed by atoms with Crippen LogP contribution in [0.1, 0.15) is 167 Å². The minimum absolute atomic E-state index is 0.166. The van der Waals surface area contributed by atoms with E-state index in [-0.39, 0.29) is 34.0 Å². The zero-order valence-electron chi connectivity index (χ0n) is 65.9. The largest absolute Gasteiger partial charge is 0.506 e. The number of phenols is 3. The van der Waals surface area contributed by atoms with E-state index < -0.39 is 11.5 Å². The highest BCUT2D eigenvalue weighted by atomic mass is 35.5. The van der Waals surface area contributed by atoms with E-state index in [1.54, 1.807) is 29.1 Å². The lowest BCUT2D eigenvalue weighted by molar-refractivity contribution is 0.174. The van der Waals surface area contributed by atoms with Gasteiger partial charge in [-0.1, -0.05) is 256 Å². The van der Waals surface area contributed by atoms with E-state index in [1.165, 1.54) is 58.4 Å². The monoisotopic (exact) mass is 1500 g/mol. The molecule has 18 heteroatoms. The molecule has 0 saturated heterocycles. The molecule has 4 heterocycles. The summed E-state index contributed by atoms with van der Waals surface area (Å²) < 4.78 is 5.95. The van der Waals surface area contributed by atoms with Crippen LogP contribution in [0.2, 0.25) is 5.02 Å². The van der Waals surface area contributed by atoms with Gasteiger partial charge in [-0.2, -0.15) is 0 Å². The van der Waals surface area contributed by atoms with E-state index in [9.17, 15) is 20.4 Å². The molecule has 0 saturated carbocycles. The van der Waals surface area contributed by atoms with Gasteiger partial charge in [0, 0.05) is 38.1 Å². The van der Waals surface area contributed by atoms with Gasteiger partial charge in [0.15, 0.2) is 11.6 Å². The average molecular weight is 1500 g/mol. The van der Waals surface area contributed by atoms with Gasteiger partial charge in [-0.05, 0) is 171 Å². The van der Waals surface area contributed by atoms with Crippen LogP contribution >= 0.6 is 11.6 Å². The third-order valence-electron chi connectivity index (χ3n) is 20.3. The maximum atomic E-state index is 11.6. The summed E-state index contributed by atoms with van der Waals surface area (Å²) in [6, 6.07) is 67.4. The van der Waals surface area contributed by atoms with Crippen LogP contribution in [-0.4, -0.2) is 93.1 Å². The second-order valence-electron chi connectivity index (χ2n) is 30.9. The summed E-state index contributed by atoms with van der Waals surface area (Å²) in [6.07, 6.45) is 12.2. The molecule has 4 N–H and O–H groups in total. The Morgan fingerprint density at radius 2 is 0.883 bits per heavy atom. The van der Waals surface area contributed by atoms with E-state index in [2.05, 4.69) is 193 Å². The molecule has 0 aliphatic heterocycles. The average Bonchev–Trinajstić information content (AvgIpc) is 1.51. The Bertz CT molecular complexity index is 5540. The number of unbranched alkanes of at least 4 members (excludes halogenated alkanes) is 5. The number of ether oxygens (including phenoxy) is 1. The third kappa shape index (κ3) is 18.5. The molecule has 2 atom stereocenters. The molecule has 1 aliphatic carbocycles. The molecule has 111 heavy (non-hydrogen) atoms. The Morgan fingerprint density at radius 1 is 0.423 bits per heavy atom. The molecule has 0 spiro atoms. The number of allylic oxidation sites excluding steroid dienone is 1. The minimum Gasteiger partial charge on any atom is -0.506 e. The van der Waals surface area contributed by atoms with Crippen molar-refractivity contribution in [1.29, 1.82) is 0 Å². The molecule has 568 valence electrons. The highest BCUT2D eigenvalue weighted by molar-refractivity contribution is 6.31. The van der Waals surface area contributed by atoms with Gasteiger partial charge in [0.25, 0.3) is 0 Å². The summed E-state index contributed by atoms with van der Waals surface area (Å²) in [4.78, 5) is 19.1. The van der Waals surface area contributed by atoms with Crippen molar-refractivity contribution in [2.24, 2.45) is 0 Å². The number of hydrogen-bond donors (Lipinski definition) is 4. The van der Waals surface area contributed by atoms with Crippen molar-refractivity contribution < 1.29 is 25.2 Å². The third-order valence-corrected chi connectivity index (χ3v) is 20.6. The van der Waals surface area contributed by atoms with E-state index in [1.807, 2.05) is 135 Å². The number of aryl methyl sites for hydroxylation is 6. The first-order chi connectivity index (χ1) is 53.1. The number of aliphatic hydroxyl groups excluding tert-OH is 1. The van der Waals surface area contributed by atoms with Gasteiger partial charge < -0.3 is 25.2 Å². The van der Waals surface area contributed by atoms with Crippen LogP contribution in [0.15, 0.2) is 230 Å². The molecule has 4 aromatic heterocycles. The number of aromatic nitrogens is 12. The quantitative estimate of drug-likeness (QED) is 0.0587. The molecule has 0 fully saturated rings. The van der Waals surface area contributed by atoms with Crippen LogP contribution in [0.3, 0.4) is 0 Å².